The van der Waals surface area contributed by atoms with Gasteiger partial charge in [0, 0.05) is 25.9 Å². The van der Waals surface area contributed by atoms with Crippen LogP contribution in [0.15, 0.2) is 102 Å². The van der Waals surface area contributed by atoms with Crippen LogP contribution in [-0.4, -0.2) is 0 Å². The third-order valence-corrected chi connectivity index (χ3v) is 9.59. The summed E-state index contributed by atoms with van der Waals surface area (Å²) >= 11 is 3.64. The van der Waals surface area contributed by atoms with E-state index in [1.54, 1.807) is 0 Å². The van der Waals surface area contributed by atoms with Crippen LogP contribution >= 0.6 is 23.1 Å². The normalized spacial score (nSPS) is 17.4. The number of hydrogen-bond acceptors (Lipinski definition) is 1. The second-order valence-electron chi connectivity index (χ2n) is 7.42. The Morgan fingerprint density at radius 1 is 0.621 bits per heavy atom. The van der Waals surface area contributed by atoms with Gasteiger partial charge in [-0.3, -0.25) is 0 Å². The largest absolute Gasteiger partial charge is 0.309 e. The number of rotatable bonds is 1. The number of hydrogen-bond donors (Lipinski definition) is 0. The zero-order chi connectivity index (χ0) is 19.6. The second kappa shape index (κ2) is 6.16. The van der Waals surface area contributed by atoms with E-state index in [1.165, 1.54) is 10.8 Å². The lowest BCUT2D eigenvalue weighted by Gasteiger charge is -2.19. The molecule has 5 aromatic carbocycles. The smallest absolute Gasteiger partial charge is 0.172 e. The fourth-order valence-electron chi connectivity index (χ4n) is 4.73. The third kappa shape index (κ3) is 2.25. The van der Waals surface area contributed by atoms with Crippen LogP contribution < -0.4 is 15.9 Å². The molecule has 3 heteroatoms. The van der Waals surface area contributed by atoms with Crippen molar-refractivity contribution in [2.45, 2.75) is 0 Å². The summed E-state index contributed by atoms with van der Waals surface area (Å²) in [6, 6.07) is 33.0. The number of benzene rings is 5. The van der Waals surface area contributed by atoms with Gasteiger partial charge in [-0.25, -0.2) is 0 Å². The standard InChI is InChI=1S/C26H16BrOP/c27-17-14-15-20-19-10-4-5-11-21(19)25-22-12-6-7-13-24(22)29(28,26(25)23(20)16-17)18-8-2-1-3-9-18/h1-16H. The van der Waals surface area contributed by atoms with Crippen molar-refractivity contribution >= 4 is 60.5 Å². The Hall–Kier alpha value is -2.67. The molecule has 5 aromatic rings. The molecule has 1 aliphatic rings. The summed E-state index contributed by atoms with van der Waals surface area (Å²) in [7, 11) is -2.99. The van der Waals surface area contributed by atoms with Crippen molar-refractivity contribution in [3.63, 3.8) is 0 Å². The Morgan fingerprint density at radius 3 is 2.10 bits per heavy atom. The fraction of sp³-hybridized carbons (Fsp3) is 0. The van der Waals surface area contributed by atoms with E-state index < -0.39 is 7.14 Å². The van der Waals surface area contributed by atoms with E-state index in [1.807, 2.05) is 48.5 Å². The molecule has 1 atom stereocenters. The molecule has 29 heavy (non-hydrogen) atoms. The molecule has 1 unspecified atom stereocenters. The van der Waals surface area contributed by atoms with Crippen LogP contribution in [0, 0.1) is 0 Å². The third-order valence-electron chi connectivity index (χ3n) is 5.91. The van der Waals surface area contributed by atoms with Gasteiger partial charge in [0.05, 0.1) is 0 Å². The van der Waals surface area contributed by atoms with Crippen LogP contribution in [0.5, 0.6) is 0 Å². The van der Waals surface area contributed by atoms with E-state index in [-0.39, 0.29) is 0 Å². The van der Waals surface area contributed by atoms with Crippen molar-refractivity contribution in [1.29, 1.82) is 0 Å². The molecule has 0 aromatic heterocycles. The van der Waals surface area contributed by atoms with Gasteiger partial charge in [-0.1, -0.05) is 101 Å². The average molecular weight is 455 g/mol. The van der Waals surface area contributed by atoms with Crippen molar-refractivity contribution in [2.24, 2.45) is 0 Å². The molecule has 1 nitrogen and oxygen atoms in total. The molecule has 0 N–H and O–H groups in total. The van der Waals surface area contributed by atoms with Crippen molar-refractivity contribution in [1.82, 2.24) is 0 Å². The van der Waals surface area contributed by atoms with Gasteiger partial charge in [0.1, 0.15) is 0 Å². The van der Waals surface area contributed by atoms with Gasteiger partial charge in [-0.05, 0) is 39.2 Å². The highest BCUT2D eigenvalue weighted by Gasteiger charge is 2.42. The molecule has 0 spiro atoms. The van der Waals surface area contributed by atoms with Gasteiger partial charge in [0.25, 0.3) is 0 Å². The predicted molar refractivity (Wildman–Crippen MR) is 128 cm³/mol. The molecule has 0 bridgehead atoms. The van der Waals surface area contributed by atoms with E-state index in [0.29, 0.717) is 0 Å². The lowest BCUT2D eigenvalue weighted by Crippen LogP contribution is -2.21. The van der Waals surface area contributed by atoms with E-state index in [0.717, 1.165) is 42.3 Å². The van der Waals surface area contributed by atoms with Crippen molar-refractivity contribution in [3.05, 3.63) is 102 Å². The summed E-state index contributed by atoms with van der Waals surface area (Å²) in [6.45, 7) is 0. The highest BCUT2D eigenvalue weighted by atomic mass is 79.9. The lowest BCUT2D eigenvalue weighted by molar-refractivity contribution is 0.593. The summed E-state index contributed by atoms with van der Waals surface area (Å²) in [5.74, 6) is 0. The monoisotopic (exact) mass is 454 g/mol. The molecule has 6 rings (SSSR count). The van der Waals surface area contributed by atoms with E-state index >= 15 is 4.57 Å². The maximum absolute atomic E-state index is 15.0. The van der Waals surface area contributed by atoms with Crippen LogP contribution in [0.3, 0.4) is 0 Å². The molecule has 138 valence electrons. The first-order valence-electron chi connectivity index (χ1n) is 9.60. The lowest BCUT2D eigenvalue weighted by atomic mass is 9.93. The maximum Gasteiger partial charge on any atom is 0.172 e. The van der Waals surface area contributed by atoms with E-state index in [4.69, 9.17) is 0 Å². The summed E-state index contributed by atoms with van der Waals surface area (Å²) in [5, 5.41) is 7.38. The first-order valence-corrected chi connectivity index (χ1v) is 12.1. The Labute approximate surface area is 177 Å². The van der Waals surface area contributed by atoms with Crippen LogP contribution in [0.1, 0.15) is 0 Å². The first kappa shape index (κ1) is 17.2. The summed E-state index contributed by atoms with van der Waals surface area (Å²) in [4.78, 5) is 0. The molecule has 0 radical (unpaired) electrons. The zero-order valence-electron chi connectivity index (χ0n) is 15.5. The Morgan fingerprint density at radius 2 is 1.28 bits per heavy atom. The van der Waals surface area contributed by atoms with Gasteiger partial charge >= 0.3 is 0 Å². The summed E-state index contributed by atoms with van der Waals surface area (Å²) in [5.41, 5.74) is 2.21. The minimum Gasteiger partial charge on any atom is -0.309 e. The minimum atomic E-state index is -2.99. The SMILES string of the molecule is O=P1(c2ccccc2)c2ccccc2-c2c1c1cc(Br)ccc1c1ccccc21. The quantitative estimate of drug-likeness (QED) is 0.208. The Balaban J connectivity index is 1.93. The molecule has 0 saturated carbocycles. The van der Waals surface area contributed by atoms with Gasteiger partial charge in [0.2, 0.25) is 0 Å². The highest BCUT2D eigenvalue weighted by Crippen LogP contribution is 2.56. The average Bonchev–Trinajstić information content (AvgIpc) is 3.05. The maximum atomic E-state index is 15.0. The molecule has 1 aliphatic heterocycles. The van der Waals surface area contributed by atoms with Gasteiger partial charge in [-0.2, -0.15) is 0 Å². The summed E-state index contributed by atoms with van der Waals surface area (Å²) < 4.78 is 16.0. The summed E-state index contributed by atoms with van der Waals surface area (Å²) in [6.07, 6.45) is 0. The van der Waals surface area contributed by atoms with Gasteiger partial charge in [0.15, 0.2) is 7.14 Å². The van der Waals surface area contributed by atoms with Crippen LogP contribution in [0.2, 0.25) is 0 Å². The fourth-order valence-corrected chi connectivity index (χ4v) is 8.36. The molecule has 0 fully saturated rings. The second-order valence-corrected chi connectivity index (χ2v) is 11.0. The Kier molecular flexibility index (Phi) is 3.66. The molecular formula is C26H16BrOP. The molecule has 0 saturated heterocycles. The topological polar surface area (TPSA) is 17.1 Å². The number of fused-ring (bicyclic) bond motifs is 8. The highest BCUT2D eigenvalue weighted by molar-refractivity contribution is 9.10. The van der Waals surface area contributed by atoms with Crippen LogP contribution in [-0.2, 0) is 4.57 Å². The molecule has 0 amide bonds. The van der Waals surface area contributed by atoms with Crippen molar-refractivity contribution < 1.29 is 4.57 Å². The zero-order valence-corrected chi connectivity index (χ0v) is 18.0. The minimum absolute atomic E-state index is 0.891. The van der Waals surface area contributed by atoms with E-state index in [2.05, 4.69) is 64.5 Å². The van der Waals surface area contributed by atoms with Crippen LogP contribution in [0.25, 0.3) is 32.7 Å². The van der Waals surface area contributed by atoms with E-state index in [9.17, 15) is 0 Å². The number of halogens is 1. The van der Waals surface area contributed by atoms with Gasteiger partial charge in [-0.15, -0.1) is 0 Å². The molecule has 0 aliphatic carbocycles. The Bertz CT molecular complexity index is 1490. The van der Waals surface area contributed by atoms with Gasteiger partial charge < -0.3 is 4.57 Å². The molecular weight excluding hydrogens is 439 g/mol. The molecule has 1 heterocycles. The van der Waals surface area contributed by atoms with Crippen molar-refractivity contribution in [2.75, 3.05) is 0 Å². The van der Waals surface area contributed by atoms with Crippen LogP contribution in [0.4, 0.5) is 0 Å². The predicted octanol–water partition coefficient (Wildman–Crippen LogP) is 6.38. The van der Waals surface area contributed by atoms with Crippen molar-refractivity contribution in [3.8, 4) is 11.1 Å². The first-order chi connectivity index (χ1) is 14.2.